The first-order valence-corrected chi connectivity index (χ1v) is 6.53. The molecule has 1 aromatic heterocycles. The zero-order chi connectivity index (χ0) is 14.7. The minimum Gasteiger partial charge on any atom is -0.308 e. The Morgan fingerprint density at radius 3 is 2.70 bits per heavy atom. The first-order valence-electron chi connectivity index (χ1n) is 5.71. The Bertz CT molecular complexity index is 646. The van der Waals surface area contributed by atoms with E-state index in [4.69, 9.17) is 0 Å². The number of nitrogens with zero attached hydrogens (tertiary/aromatic N) is 2. The average Bonchev–Trinajstić information content (AvgIpc) is 2.77. The highest BCUT2D eigenvalue weighted by molar-refractivity contribution is 7.11. The van der Waals surface area contributed by atoms with E-state index in [1.807, 2.05) is 6.92 Å². The van der Waals surface area contributed by atoms with Crippen molar-refractivity contribution in [3.8, 4) is 0 Å². The molecule has 0 saturated heterocycles. The molecule has 1 heterocycles. The molecular weight excluding hydrogens is 288 g/mol. The van der Waals surface area contributed by atoms with Gasteiger partial charge in [-0.2, -0.15) is 4.39 Å². The first kappa shape index (κ1) is 14.5. The minimum absolute atomic E-state index is 0.0549. The molecule has 0 radical (unpaired) electrons. The minimum atomic E-state index is -1.17. The van der Waals surface area contributed by atoms with E-state index in [0.717, 1.165) is 16.0 Å². The summed E-state index contributed by atoms with van der Waals surface area (Å²) in [6, 6.07) is 1.45. The molecule has 5 nitrogen and oxygen atoms in total. The van der Waals surface area contributed by atoms with Crippen molar-refractivity contribution in [1.82, 2.24) is 10.3 Å². The third-order valence-corrected chi connectivity index (χ3v) is 3.51. The number of thiazole rings is 1. The van der Waals surface area contributed by atoms with E-state index in [1.165, 1.54) is 11.3 Å². The molecule has 20 heavy (non-hydrogen) atoms. The Balaban J connectivity index is 2.05. The molecule has 2 aromatic rings. The second-order valence-corrected chi connectivity index (χ2v) is 5.42. The van der Waals surface area contributed by atoms with Gasteiger partial charge in [-0.3, -0.25) is 10.1 Å². The lowest BCUT2D eigenvalue weighted by Crippen LogP contribution is -2.13. The summed E-state index contributed by atoms with van der Waals surface area (Å²) < 4.78 is 26.7. The first-order chi connectivity index (χ1) is 9.47. The number of benzene rings is 1. The molecule has 0 aliphatic rings. The van der Waals surface area contributed by atoms with Gasteiger partial charge >= 0.3 is 5.69 Å². The number of nitro benzene ring substituents is 1. The normalized spacial score (nSPS) is 10.8. The Labute approximate surface area is 117 Å². The zero-order valence-electron chi connectivity index (χ0n) is 10.5. The molecule has 1 aromatic carbocycles. The van der Waals surface area contributed by atoms with E-state index < -0.39 is 22.2 Å². The smallest absolute Gasteiger partial charge is 0.305 e. The number of aromatic nitrogens is 1. The maximum absolute atomic E-state index is 13.5. The average molecular weight is 299 g/mol. The van der Waals surface area contributed by atoms with E-state index in [0.29, 0.717) is 12.6 Å². The molecule has 0 aliphatic carbocycles. The van der Waals surface area contributed by atoms with E-state index >= 15 is 0 Å². The molecule has 0 bridgehead atoms. The summed E-state index contributed by atoms with van der Waals surface area (Å²) in [6.07, 6.45) is 1.70. The van der Waals surface area contributed by atoms with Gasteiger partial charge in [0, 0.05) is 41.9 Å². The van der Waals surface area contributed by atoms with Crippen LogP contribution < -0.4 is 5.32 Å². The van der Waals surface area contributed by atoms with Gasteiger partial charge in [0.25, 0.3) is 0 Å². The fraction of sp³-hybridized carbons (Fsp3) is 0.250. The van der Waals surface area contributed by atoms with Crippen molar-refractivity contribution >= 4 is 17.0 Å². The maximum Gasteiger partial charge on any atom is 0.305 e. The predicted molar refractivity (Wildman–Crippen MR) is 70.4 cm³/mol. The van der Waals surface area contributed by atoms with E-state index in [1.54, 1.807) is 6.20 Å². The predicted octanol–water partition coefficient (Wildman–Crippen LogP) is 2.93. The monoisotopic (exact) mass is 299 g/mol. The molecule has 1 N–H and O–H groups in total. The lowest BCUT2D eigenvalue weighted by molar-refractivity contribution is -0.387. The van der Waals surface area contributed by atoms with Gasteiger partial charge in [0.1, 0.15) is 5.82 Å². The van der Waals surface area contributed by atoms with Crippen molar-refractivity contribution in [3.63, 3.8) is 0 Å². The van der Waals surface area contributed by atoms with Crippen LogP contribution in [0.1, 0.15) is 15.4 Å². The molecule has 106 valence electrons. The molecule has 0 spiro atoms. The van der Waals surface area contributed by atoms with E-state index in [2.05, 4.69) is 10.3 Å². The van der Waals surface area contributed by atoms with Crippen molar-refractivity contribution in [3.05, 3.63) is 55.5 Å². The van der Waals surface area contributed by atoms with E-state index in [9.17, 15) is 18.9 Å². The lowest BCUT2D eigenvalue weighted by Gasteiger charge is -2.05. The van der Waals surface area contributed by atoms with Gasteiger partial charge in [0.05, 0.1) is 9.93 Å². The molecule has 0 fully saturated rings. The number of hydrogen-bond donors (Lipinski definition) is 1. The summed E-state index contributed by atoms with van der Waals surface area (Å²) in [6.45, 7) is 2.41. The van der Waals surface area contributed by atoms with Gasteiger partial charge in [-0.25, -0.2) is 9.37 Å². The van der Waals surface area contributed by atoms with Gasteiger partial charge < -0.3 is 5.32 Å². The van der Waals surface area contributed by atoms with Crippen molar-refractivity contribution in [1.29, 1.82) is 0 Å². The van der Waals surface area contributed by atoms with Crippen molar-refractivity contribution in [2.45, 2.75) is 20.0 Å². The number of halogens is 2. The Morgan fingerprint density at radius 2 is 2.10 bits per heavy atom. The molecule has 0 unspecified atom stereocenters. The Kier molecular flexibility index (Phi) is 4.35. The largest absolute Gasteiger partial charge is 0.308 e. The van der Waals surface area contributed by atoms with Gasteiger partial charge in [-0.15, -0.1) is 11.3 Å². The molecule has 0 saturated carbocycles. The quantitative estimate of drug-likeness (QED) is 0.681. The zero-order valence-corrected chi connectivity index (χ0v) is 11.3. The summed E-state index contributed by atoms with van der Waals surface area (Å²) in [5.74, 6) is -1.98. The highest BCUT2D eigenvalue weighted by Crippen LogP contribution is 2.21. The van der Waals surface area contributed by atoms with Crippen molar-refractivity contribution < 1.29 is 13.7 Å². The summed E-state index contributed by atoms with van der Waals surface area (Å²) in [5.41, 5.74) is -0.670. The van der Waals surface area contributed by atoms with Crippen LogP contribution in [-0.4, -0.2) is 9.91 Å². The number of nitrogens with one attached hydrogen (secondary N) is 1. The van der Waals surface area contributed by atoms with Crippen LogP contribution >= 0.6 is 11.3 Å². The van der Waals surface area contributed by atoms with Crippen LogP contribution in [0.15, 0.2) is 18.3 Å². The molecule has 8 heteroatoms. The number of hydrogen-bond acceptors (Lipinski definition) is 5. The third-order valence-electron chi connectivity index (χ3n) is 2.60. The Hall–Kier alpha value is -1.93. The van der Waals surface area contributed by atoms with Crippen LogP contribution in [-0.2, 0) is 13.1 Å². The Morgan fingerprint density at radius 1 is 1.35 bits per heavy atom. The van der Waals surface area contributed by atoms with Gasteiger partial charge in [-0.1, -0.05) is 0 Å². The fourth-order valence-corrected chi connectivity index (χ4v) is 2.43. The van der Waals surface area contributed by atoms with Crippen molar-refractivity contribution in [2.75, 3.05) is 0 Å². The topological polar surface area (TPSA) is 68.1 Å². The SMILES string of the molecule is Cc1ncc(CNCc2cc([N+](=O)[O-])c(F)cc2F)s1. The highest BCUT2D eigenvalue weighted by Gasteiger charge is 2.18. The molecule has 0 aliphatic heterocycles. The fourth-order valence-electron chi connectivity index (χ4n) is 1.66. The van der Waals surface area contributed by atoms with Crippen LogP contribution in [0.2, 0.25) is 0 Å². The van der Waals surface area contributed by atoms with Crippen LogP contribution in [0.25, 0.3) is 0 Å². The van der Waals surface area contributed by atoms with Crippen LogP contribution in [0.5, 0.6) is 0 Å². The highest BCUT2D eigenvalue weighted by atomic mass is 32.1. The standard InChI is InChI=1S/C12H11F2N3O2S/c1-7-16-6-9(20-7)5-15-4-8-2-12(17(18)19)11(14)3-10(8)13/h2-3,6,15H,4-5H2,1H3. The number of rotatable bonds is 5. The molecule has 0 amide bonds. The van der Waals surface area contributed by atoms with Crippen LogP contribution in [0.4, 0.5) is 14.5 Å². The summed E-state index contributed by atoms with van der Waals surface area (Å²) in [4.78, 5) is 14.8. The van der Waals surface area contributed by atoms with Crippen LogP contribution in [0.3, 0.4) is 0 Å². The number of aryl methyl sites for hydroxylation is 1. The van der Waals surface area contributed by atoms with E-state index in [-0.39, 0.29) is 12.1 Å². The second-order valence-electron chi connectivity index (χ2n) is 4.10. The summed E-state index contributed by atoms with van der Waals surface area (Å²) in [5, 5.41) is 14.5. The van der Waals surface area contributed by atoms with Gasteiger partial charge in [0.2, 0.25) is 5.82 Å². The molecular formula is C12H11F2N3O2S. The molecule has 0 atom stereocenters. The summed E-state index contributed by atoms with van der Waals surface area (Å²) in [7, 11) is 0. The lowest BCUT2D eigenvalue weighted by atomic mass is 10.2. The summed E-state index contributed by atoms with van der Waals surface area (Å²) >= 11 is 1.50. The molecule has 2 rings (SSSR count). The maximum atomic E-state index is 13.5. The van der Waals surface area contributed by atoms with Gasteiger partial charge in [-0.05, 0) is 6.92 Å². The third kappa shape index (κ3) is 3.34. The van der Waals surface area contributed by atoms with Crippen molar-refractivity contribution in [2.24, 2.45) is 0 Å². The second kappa shape index (κ2) is 6.02. The van der Waals surface area contributed by atoms with Gasteiger partial charge in [0.15, 0.2) is 0 Å². The number of nitro groups is 1. The van der Waals surface area contributed by atoms with Crippen LogP contribution in [0, 0.1) is 28.7 Å².